The van der Waals surface area contributed by atoms with Gasteiger partial charge in [0.15, 0.2) is 5.60 Å². The molecule has 1 heterocycles. The summed E-state index contributed by atoms with van der Waals surface area (Å²) in [6, 6.07) is 15.4. The molecule has 0 saturated carbocycles. The lowest BCUT2D eigenvalue weighted by atomic mass is 10.0. The van der Waals surface area contributed by atoms with E-state index in [-0.39, 0.29) is 5.91 Å². The van der Waals surface area contributed by atoms with Crippen LogP contribution in [0.15, 0.2) is 48.5 Å². The van der Waals surface area contributed by atoms with Gasteiger partial charge in [0.1, 0.15) is 5.75 Å². The highest BCUT2D eigenvalue weighted by Gasteiger charge is 2.30. The number of nitrogens with one attached hydrogen (secondary N) is 1. The number of hydrogen-bond acceptors (Lipinski definition) is 4. The van der Waals surface area contributed by atoms with Gasteiger partial charge >= 0.3 is 0 Å². The number of piperazine rings is 1. The highest BCUT2D eigenvalue weighted by Crippen LogP contribution is 2.21. The van der Waals surface area contributed by atoms with Crippen LogP contribution < -0.4 is 10.1 Å². The quantitative estimate of drug-likeness (QED) is 0.690. The molecule has 1 aliphatic heterocycles. The second-order valence-electron chi connectivity index (χ2n) is 8.23. The van der Waals surface area contributed by atoms with Crippen molar-refractivity contribution in [3.63, 3.8) is 0 Å². The summed E-state index contributed by atoms with van der Waals surface area (Å²) in [5, 5.41) is 3.68. The third-order valence-corrected chi connectivity index (χ3v) is 5.85. The van der Waals surface area contributed by atoms with Gasteiger partial charge in [-0.1, -0.05) is 42.8 Å². The molecule has 1 amide bonds. The lowest BCUT2D eigenvalue weighted by Gasteiger charge is -2.34. The van der Waals surface area contributed by atoms with E-state index in [2.05, 4.69) is 40.2 Å². The summed E-state index contributed by atoms with van der Waals surface area (Å²) in [7, 11) is 0. The van der Waals surface area contributed by atoms with Crippen LogP contribution in [0, 0.1) is 0 Å². The second-order valence-corrected chi connectivity index (χ2v) is 8.66. The number of carbonyl (C=O) groups excluding carboxylic acids is 1. The number of likely N-dealkylation sites (N-methyl/N-ethyl adjacent to an activating group) is 1. The molecule has 1 fully saturated rings. The minimum atomic E-state index is -0.987. The van der Waals surface area contributed by atoms with Gasteiger partial charge in [-0.15, -0.1) is 0 Å². The van der Waals surface area contributed by atoms with E-state index in [1.54, 1.807) is 38.1 Å². The molecule has 5 nitrogen and oxygen atoms in total. The normalized spacial score (nSPS) is 15.7. The predicted molar refractivity (Wildman–Crippen MR) is 122 cm³/mol. The molecule has 0 aromatic heterocycles. The Kier molecular flexibility index (Phi) is 7.75. The second kappa shape index (κ2) is 10.3. The van der Waals surface area contributed by atoms with Gasteiger partial charge in [0.25, 0.3) is 5.91 Å². The van der Waals surface area contributed by atoms with Gasteiger partial charge in [-0.3, -0.25) is 9.69 Å². The van der Waals surface area contributed by atoms with E-state index in [0.717, 1.165) is 44.8 Å². The molecule has 30 heavy (non-hydrogen) atoms. The fourth-order valence-electron chi connectivity index (χ4n) is 3.62. The summed E-state index contributed by atoms with van der Waals surface area (Å²) in [4.78, 5) is 17.8. The lowest BCUT2D eigenvalue weighted by Crippen LogP contribution is -2.46. The van der Waals surface area contributed by atoms with Crippen LogP contribution in [0.3, 0.4) is 0 Å². The molecule has 0 atom stereocenters. The Morgan fingerprint density at radius 2 is 1.60 bits per heavy atom. The Labute approximate surface area is 185 Å². The minimum Gasteiger partial charge on any atom is -0.478 e. The van der Waals surface area contributed by atoms with Crippen LogP contribution in [-0.2, 0) is 17.9 Å². The van der Waals surface area contributed by atoms with Gasteiger partial charge in [-0.25, -0.2) is 0 Å². The van der Waals surface area contributed by atoms with Crippen molar-refractivity contribution in [3.05, 3.63) is 64.7 Å². The van der Waals surface area contributed by atoms with E-state index in [4.69, 9.17) is 16.3 Å². The zero-order valence-corrected chi connectivity index (χ0v) is 18.9. The van der Waals surface area contributed by atoms with Crippen LogP contribution in [0.4, 0.5) is 0 Å². The number of hydrogen-bond donors (Lipinski definition) is 1. The number of ether oxygens (including phenoxy) is 1. The van der Waals surface area contributed by atoms with Gasteiger partial charge in [0.2, 0.25) is 0 Å². The van der Waals surface area contributed by atoms with Crippen molar-refractivity contribution in [2.75, 3.05) is 32.7 Å². The first-order valence-electron chi connectivity index (χ1n) is 10.6. The van der Waals surface area contributed by atoms with E-state index in [9.17, 15) is 4.79 Å². The first-order valence-corrected chi connectivity index (χ1v) is 11.0. The Morgan fingerprint density at radius 3 is 2.23 bits per heavy atom. The molecule has 3 rings (SSSR count). The predicted octanol–water partition coefficient (Wildman–Crippen LogP) is 3.95. The van der Waals surface area contributed by atoms with Gasteiger partial charge in [-0.05, 0) is 55.8 Å². The number of halogens is 1. The number of benzene rings is 2. The molecular weight excluding hydrogens is 398 g/mol. The standard InChI is InChI=1S/C24H32ClN3O2/c1-4-27-13-15-28(16-14-27)18-20-8-6-5-7-19(20)17-26-23(29)24(2,3)30-22-11-9-21(25)10-12-22/h5-12H,4,13-18H2,1-3H3,(H,26,29). The minimum absolute atomic E-state index is 0.149. The average molecular weight is 430 g/mol. The van der Waals surface area contributed by atoms with E-state index < -0.39 is 5.60 Å². The maximum atomic E-state index is 12.8. The van der Waals surface area contributed by atoms with Crippen LogP contribution in [0.25, 0.3) is 0 Å². The molecule has 1 aliphatic rings. The fourth-order valence-corrected chi connectivity index (χ4v) is 3.75. The van der Waals surface area contributed by atoms with Crippen LogP contribution in [-0.4, -0.2) is 54.0 Å². The number of carbonyl (C=O) groups is 1. The molecule has 6 heteroatoms. The van der Waals surface area contributed by atoms with Crippen LogP contribution >= 0.6 is 11.6 Å². The van der Waals surface area contributed by atoms with E-state index in [1.807, 2.05) is 6.07 Å². The van der Waals surface area contributed by atoms with Crippen LogP contribution in [0.1, 0.15) is 31.9 Å². The molecule has 0 spiro atoms. The zero-order chi connectivity index (χ0) is 21.6. The topological polar surface area (TPSA) is 44.8 Å². The maximum Gasteiger partial charge on any atom is 0.263 e. The Bertz CT molecular complexity index is 831. The molecular formula is C24H32ClN3O2. The van der Waals surface area contributed by atoms with Gasteiger partial charge in [0, 0.05) is 44.3 Å². The number of amides is 1. The van der Waals surface area contributed by atoms with E-state index in [1.165, 1.54) is 5.56 Å². The first kappa shape index (κ1) is 22.6. The van der Waals surface area contributed by atoms with E-state index in [0.29, 0.717) is 17.3 Å². The van der Waals surface area contributed by atoms with Crippen molar-refractivity contribution >= 4 is 17.5 Å². The third kappa shape index (κ3) is 6.21. The van der Waals surface area contributed by atoms with E-state index >= 15 is 0 Å². The summed E-state index contributed by atoms with van der Waals surface area (Å²) in [6.45, 7) is 12.7. The monoisotopic (exact) mass is 429 g/mol. The van der Waals surface area contributed by atoms with Crippen molar-refractivity contribution in [2.24, 2.45) is 0 Å². The summed E-state index contributed by atoms with van der Waals surface area (Å²) in [5.41, 5.74) is 1.42. The Morgan fingerprint density at radius 1 is 1.00 bits per heavy atom. The zero-order valence-electron chi connectivity index (χ0n) is 18.2. The maximum absolute atomic E-state index is 12.8. The Balaban J connectivity index is 1.57. The van der Waals surface area contributed by atoms with Crippen LogP contribution in [0.2, 0.25) is 5.02 Å². The van der Waals surface area contributed by atoms with Crippen molar-refractivity contribution in [3.8, 4) is 5.75 Å². The van der Waals surface area contributed by atoms with Crippen LogP contribution in [0.5, 0.6) is 5.75 Å². The molecule has 0 radical (unpaired) electrons. The molecule has 0 bridgehead atoms. The van der Waals surface area contributed by atoms with Crippen molar-refractivity contribution in [1.29, 1.82) is 0 Å². The first-order chi connectivity index (χ1) is 14.4. The molecule has 2 aromatic rings. The molecule has 0 aliphatic carbocycles. The summed E-state index contributed by atoms with van der Waals surface area (Å²) in [5.74, 6) is 0.468. The summed E-state index contributed by atoms with van der Waals surface area (Å²) in [6.07, 6.45) is 0. The molecule has 0 unspecified atom stereocenters. The van der Waals surface area contributed by atoms with Gasteiger partial charge in [-0.2, -0.15) is 0 Å². The lowest BCUT2D eigenvalue weighted by molar-refractivity contribution is -0.134. The summed E-state index contributed by atoms with van der Waals surface area (Å²) >= 11 is 5.92. The smallest absolute Gasteiger partial charge is 0.263 e. The molecule has 1 saturated heterocycles. The molecule has 2 aromatic carbocycles. The van der Waals surface area contributed by atoms with Crippen molar-refractivity contribution < 1.29 is 9.53 Å². The van der Waals surface area contributed by atoms with Gasteiger partial charge < -0.3 is 15.0 Å². The van der Waals surface area contributed by atoms with Crippen molar-refractivity contribution in [1.82, 2.24) is 15.1 Å². The third-order valence-electron chi connectivity index (χ3n) is 5.60. The number of rotatable bonds is 8. The molecule has 1 N–H and O–H groups in total. The number of nitrogens with zero attached hydrogens (tertiary/aromatic N) is 2. The highest BCUT2D eigenvalue weighted by molar-refractivity contribution is 6.30. The average Bonchev–Trinajstić information content (AvgIpc) is 2.75. The summed E-state index contributed by atoms with van der Waals surface area (Å²) < 4.78 is 5.90. The Hall–Kier alpha value is -2.08. The SMILES string of the molecule is CCN1CCN(Cc2ccccc2CNC(=O)C(C)(C)Oc2ccc(Cl)cc2)CC1. The largest absolute Gasteiger partial charge is 0.478 e. The molecule has 162 valence electrons. The van der Waals surface area contributed by atoms with Crippen molar-refractivity contribution in [2.45, 2.75) is 39.5 Å². The fraction of sp³-hybridized carbons (Fsp3) is 0.458. The van der Waals surface area contributed by atoms with Gasteiger partial charge in [0.05, 0.1) is 0 Å². The highest BCUT2D eigenvalue weighted by atomic mass is 35.5.